The predicted octanol–water partition coefficient (Wildman–Crippen LogP) is 6.80. The molecule has 1 saturated heterocycles. The Kier molecular flexibility index (Phi) is 8.53. The van der Waals surface area contributed by atoms with E-state index in [2.05, 4.69) is 39.6 Å². The van der Waals surface area contributed by atoms with E-state index in [9.17, 15) is 9.59 Å². The number of halogens is 1. The number of alkyl carbamates (subject to hydrolysis) is 1. The SMILES string of the molecule is O=C(NC(Cc1ccc(Cl)cc1)C(=O)N1CCC(Oc2ncnc3ccccc23)CC1)OCC1c2ccccc2-c2ccccc21. The topological polar surface area (TPSA) is 93.7 Å². The number of fused-ring (bicyclic) bond motifs is 4. The van der Waals surface area contributed by atoms with E-state index < -0.39 is 12.1 Å². The fraction of sp³-hybridized carbons (Fsp3) is 0.243. The summed E-state index contributed by atoms with van der Waals surface area (Å²) in [6.45, 7) is 1.16. The Morgan fingerprint density at radius 3 is 2.22 bits per heavy atom. The fourth-order valence-corrected chi connectivity index (χ4v) is 6.61. The summed E-state index contributed by atoms with van der Waals surface area (Å²) >= 11 is 6.11. The normalized spacial score (nSPS) is 15.2. The molecular weight excluding hydrogens is 600 g/mol. The smallest absolute Gasteiger partial charge is 0.407 e. The van der Waals surface area contributed by atoms with Crippen LogP contribution in [0.25, 0.3) is 22.0 Å². The van der Waals surface area contributed by atoms with Crippen molar-refractivity contribution >= 4 is 34.5 Å². The number of aromatic nitrogens is 2. The van der Waals surface area contributed by atoms with E-state index >= 15 is 0 Å². The maximum atomic E-state index is 13.9. The van der Waals surface area contributed by atoms with Crippen molar-refractivity contribution in [3.05, 3.63) is 125 Å². The van der Waals surface area contributed by atoms with Crippen LogP contribution in [-0.4, -0.2) is 58.7 Å². The number of hydrogen-bond acceptors (Lipinski definition) is 6. The lowest BCUT2D eigenvalue weighted by Gasteiger charge is -2.34. The Labute approximate surface area is 272 Å². The van der Waals surface area contributed by atoms with Crippen LogP contribution >= 0.6 is 11.6 Å². The minimum absolute atomic E-state index is 0.0744. The summed E-state index contributed by atoms with van der Waals surface area (Å²) in [6.07, 6.45) is 2.39. The van der Waals surface area contributed by atoms with Gasteiger partial charge in [0.2, 0.25) is 11.8 Å². The van der Waals surface area contributed by atoms with Gasteiger partial charge in [-0.1, -0.05) is 84.4 Å². The monoisotopic (exact) mass is 632 g/mol. The van der Waals surface area contributed by atoms with Crippen molar-refractivity contribution in [1.29, 1.82) is 0 Å². The molecule has 2 amide bonds. The molecule has 1 aromatic heterocycles. The standard InChI is InChI=1S/C37H33ClN4O4/c38-25-15-13-24(14-16-25)21-34(41-37(44)45-22-32-29-9-3-1-7-27(29)28-8-2-4-10-30(28)32)36(43)42-19-17-26(18-20-42)46-35-31-11-5-6-12-33(31)39-23-40-35/h1-16,23,26,32,34H,17-22H2,(H,41,44). The molecule has 0 radical (unpaired) electrons. The van der Waals surface area contributed by atoms with Gasteiger partial charge in [0.15, 0.2) is 0 Å². The summed E-state index contributed by atoms with van der Waals surface area (Å²) in [6, 6.07) is 30.6. The Morgan fingerprint density at radius 1 is 0.848 bits per heavy atom. The Balaban J connectivity index is 1.01. The van der Waals surface area contributed by atoms with E-state index in [4.69, 9.17) is 21.1 Å². The summed E-state index contributed by atoms with van der Waals surface area (Å²) in [5, 5.41) is 4.35. The van der Waals surface area contributed by atoms with Gasteiger partial charge in [-0.05, 0) is 52.1 Å². The molecule has 7 rings (SSSR count). The van der Waals surface area contributed by atoms with Gasteiger partial charge in [0.05, 0.1) is 10.9 Å². The molecule has 232 valence electrons. The molecule has 1 aliphatic heterocycles. The second-order valence-corrected chi connectivity index (χ2v) is 12.1. The van der Waals surface area contributed by atoms with E-state index in [1.54, 1.807) is 17.0 Å². The van der Waals surface area contributed by atoms with Crippen LogP contribution in [0.5, 0.6) is 5.88 Å². The van der Waals surface area contributed by atoms with Crippen molar-refractivity contribution in [3.63, 3.8) is 0 Å². The van der Waals surface area contributed by atoms with Crippen LogP contribution in [0, 0.1) is 0 Å². The zero-order valence-electron chi connectivity index (χ0n) is 25.1. The van der Waals surface area contributed by atoms with E-state index in [1.165, 1.54) is 6.33 Å². The first-order valence-electron chi connectivity index (χ1n) is 15.5. The predicted molar refractivity (Wildman–Crippen MR) is 177 cm³/mol. The number of hydrogen-bond donors (Lipinski definition) is 1. The van der Waals surface area contributed by atoms with Crippen LogP contribution < -0.4 is 10.1 Å². The van der Waals surface area contributed by atoms with Crippen LogP contribution in [0.4, 0.5) is 4.79 Å². The Hall–Kier alpha value is -4.95. The molecule has 9 heteroatoms. The van der Waals surface area contributed by atoms with Gasteiger partial charge in [-0.2, -0.15) is 0 Å². The van der Waals surface area contributed by atoms with E-state index in [1.807, 2.05) is 60.7 Å². The van der Waals surface area contributed by atoms with Crippen molar-refractivity contribution < 1.29 is 19.1 Å². The molecule has 1 aliphatic carbocycles. The molecule has 46 heavy (non-hydrogen) atoms. The van der Waals surface area contributed by atoms with Gasteiger partial charge < -0.3 is 19.7 Å². The number of nitrogens with zero attached hydrogens (tertiary/aromatic N) is 3. The van der Waals surface area contributed by atoms with Crippen LogP contribution in [0.15, 0.2) is 103 Å². The largest absolute Gasteiger partial charge is 0.474 e. The lowest BCUT2D eigenvalue weighted by atomic mass is 9.98. The van der Waals surface area contributed by atoms with E-state index in [0.29, 0.717) is 43.3 Å². The fourth-order valence-electron chi connectivity index (χ4n) is 6.48. The second kappa shape index (κ2) is 13.2. The summed E-state index contributed by atoms with van der Waals surface area (Å²) in [5.41, 5.74) is 6.28. The number of piperidine rings is 1. The van der Waals surface area contributed by atoms with Gasteiger partial charge in [-0.3, -0.25) is 4.79 Å². The molecule has 2 aliphatic rings. The molecular formula is C37H33ClN4O4. The van der Waals surface area contributed by atoms with Crippen molar-refractivity contribution in [3.8, 4) is 17.0 Å². The van der Waals surface area contributed by atoms with Crippen molar-refractivity contribution in [1.82, 2.24) is 20.2 Å². The molecule has 1 unspecified atom stereocenters. The third-order valence-corrected chi connectivity index (χ3v) is 9.08. The number of para-hydroxylation sites is 1. The Morgan fingerprint density at radius 2 is 1.50 bits per heavy atom. The Bertz CT molecular complexity index is 1820. The van der Waals surface area contributed by atoms with Crippen molar-refractivity contribution in [2.75, 3.05) is 19.7 Å². The molecule has 5 aromatic rings. The molecule has 0 saturated carbocycles. The molecule has 0 spiro atoms. The van der Waals surface area contributed by atoms with Crippen LogP contribution in [0.1, 0.15) is 35.4 Å². The number of carbonyl (C=O) groups excluding carboxylic acids is 2. The van der Waals surface area contributed by atoms with Gasteiger partial charge in [-0.15, -0.1) is 0 Å². The number of carbonyl (C=O) groups is 2. The quantitative estimate of drug-likeness (QED) is 0.202. The number of benzene rings is 4. The molecule has 8 nitrogen and oxygen atoms in total. The highest BCUT2D eigenvalue weighted by atomic mass is 35.5. The molecule has 1 N–H and O–H groups in total. The number of amides is 2. The highest BCUT2D eigenvalue weighted by Crippen LogP contribution is 2.44. The highest BCUT2D eigenvalue weighted by Gasteiger charge is 2.32. The van der Waals surface area contributed by atoms with Gasteiger partial charge >= 0.3 is 6.09 Å². The summed E-state index contributed by atoms with van der Waals surface area (Å²) in [7, 11) is 0. The van der Waals surface area contributed by atoms with Gasteiger partial charge in [0, 0.05) is 43.3 Å². The van der Waals surface area contributed by atoms with Crippen molar-refractivity contribution in [2.45, 2.75) is 37.3 Å². The summed E-state index contributed by atoms with van der Waals surface area (Å²) < 4.78 is 12.1. The van der Waals surface area contributed by atoms with Crippen LogP contribution in [-0.2, 0) is 16.0 Å². The van der Waals surface area contributed by atoms with Gasteiger partial charge in [0.1, 0.15) is 25.1 Å². The zero-order valence-corrected chi connectivity index (χ0v) is 25.9. The average Bonchev–Trinajstić information content (AvgIpc) is 3.42. The average molecular weight is 633 g/mol. The first kappa shape index (κ1) is 29.7. The number of likely N-dealkylation sites (tertiary alicyclic amines) is 1. The van der Waals surface area contributed by atoms with E-state index in [0.717, 1.165) is 38.7 Å². The maximum absolute atomic E-state index is 13.9. The van der Waals surface area contributed by atoms with Crippen molar-refractivity contribution in [2.24, 2.45) is 0 Å². The summed E-state index contributed by atoms with van der Waals surface area (Å²) in [5.74, 6) is 0.317. The molecule has 1 atom stereocenters. The minimum atomic E-state index is -0.805. The lowest BCUT2D eigenvalue weighted by Crippen LogP contribution is -2.52. The molecule has 1 fully saturated rings. The maximum Gasteiger partial charge on any atom is 0.407 e. The second-order valence-electron chi connectivity index (χ2n) is 11.7. The number of rotatable bonds is 8. The first-order chi connectivity index (χ1) is 22.5. The first-order valence-corrected chi connectivity index (χ1v) is 15.9. The van der Waals surface area contributed by atoms with Gasteiger partial charge in [0.25, 0.3) is 0 Å². The van der Waals surface area contributed by atoms with Crippen LogP contribution in [0.2, 0.25) is 5.02 Å². The number of nitrogens with one attached hydrogen (secondary N) is 1. The third-order valence-electron chi connectivity index (χ3n) is 8.83. The molecule has 2 heterocycles. The van der Waals surface area contributed by atoms with E-state index in [-0.39, 0.29) is 24.5 Å². The number of ether oxygens (including phenoxy) is 2. The molecule has 4 aromatic carbocycles. The zero-order chi connectivity index (χ0) is 31.5. The highest BCUT2D eigenvalue weighted by molar-refractivity contribution is 6.30. The van der Waals surface area contributed by atoms with Gasteiger partial charge in [-0.25, -0.2) is 14.8 Å². The third kappa shape index (κ3) is 6.26. The molecule has 0 bridgehead atoms. The minimum Gasteiger partial charge on any atom is -0.474 e. The summed E-state index contributed by atoms with van der Waals surface area (Å²) in [4.78, 5) is 37.6. The van der Waals surface area contributed by atoms with Crippen LogP contribution in [0.3, 0.4) is 0 Å². The lowest BCUT2D eigenvalue weighted by molar-refractivity contribution is -0.135.